The molecule has 19 heavy (non-hydrogen) atoms. The largest absolute Gasteiger partial charge is 0.384 e. The average Bonchev–Trinajstić information content (AvgIpc) is 3.07. The molecule has 5 heteroatoms. The van der Waals surface area contributed by atoms with Crippen molar-refractivity contribution < 1.29 is 14.6 Å². The van der Waals surface area contributed by atoms with Crippen LogP contribution in [0.25, 0.3) is 0 Å². The van der Waals surface area contributed by atoms with Crippen LogP contribution in [0, 0.1) is 11.8 Å². The van der Waals surface area contributed by atoms with Crippen LogP contribution >= 0.6 is 11.3 Å². The van der Waals surface area contributed by atoms with E-state index < -0.39 is 0 Å². The first kappa shape index (κ1) is 14.1. The molecule has 1 fully saturated rings. The number of aliphatic hydroxyl groups excluding tert-OH is 1. The number of aliphatic hydroxyl groups is 1. The van der Waals surface area contributed by atoms with Gasteiger partial charge >= 0.3 is 0 Å². The predicted octanol–water partition coefficient (Wildman–Crippen LogP) is 1.39. The molecule has 0 spiro atoms. The fourth-order valence-corrected chi connectivity index (χ4v) is 2.78. The van der Waals surface area contributed by atoms with Crippen LogP contribution in [0.2, 0.25) is 0 Å². The molecule has 4 nitrogen and oxygen atoms in total. The molecule has 1 aliphatic rings. The van der Waals surface area contributed by atoms with Crippen molar-refractivity contribution in [3.8, 4) is 11.8 Å². The summed E-state index contributed by atoms with van der Waals surface area (Å²) >= 11 is 1.36. The van der Waals surface area contributed by atoms with E-state index in [9.17, 15) is 4.79 Å². The lowest BCUT2D eigenvalue weighted by molar-refractivity contribution is 0.0910. The Morgan fingerprint density at radius 1 is 1.63 bits per heavy atom. The molecular formula is C14H17NO3S. The van der Waals surface area contributed by atoms with Crippen LogP contribution in [0.3, 0.4) is 0 Å². The van der Waals surface area contributed by atoms with Crippen molar-refractivity contribution in [2.45, 2.75) is 25.4 Å². The van der Waals surface area contributed by atoms with Crippen LogP contribution in [0.1, 0.15) is 34.5 Å². The number of rotatable bonds is 4. The van der Waals surface area contributed by atoms with E-state index in [1.54, 1.807) is 6.07 Å². The summed E-state index contributed by atoms with van der Waals surface area (Å²) in [5.41, 5.74) is 0.675. The van der Waals surface area contributed by atoms with Gasteiger partial charge in [0, 0.05) is 18.7 Å². The summed E-state index contributed by atoms with van der Waals surface area (Å²) < 4.78 is 5.50. The van der Waals surface area contributed by atoms with Gasteiger partial charge in [-0.2, -0.15) is 0 Å². The standard InChI is InChI=1S/C14H17NO3S/c16-8-1-3-11-6-10-19-13(11)14(17)15-7-5-12-4-2-9-18-12/h6,10,12,16H,2,4-5,7-9H2,(H,15,17). The molecule has 2 heterocycles. The Morgan fingerprint density at radius 3 is 3.26 bits per heavy atom. The summed E-state index contributed by atoms with van der Waals surface area (Å²) in [6, 6.07) is 1.79. The minimum absolute atomic E-state index is 0.102. The SMILES string of the molecule is O=C(NCCC1CCCO1)c1sccc1C#CCO. The molecule has 1 atom stereocenters. The quantitative estimate of drug-likeness (QED) is 0.819. The zero-order chi connectivity index (χ0) is 13.5. The van der Waals surface area contributed by atoms with Gasteiger partial charge in [0.1, 0.15) is 11.5 Å². The minimum Gasteiger partial charge on any atom is -0.384 e. The van der Waals surface area contributed by atoms with Gasteiger partial charge in [0.2, 0.25) is 0 Å². The molecule has 2 rings (SSSR count). The molecule has 2 N–H and O–H groups in total. The molecule has 1 aromatic rings. The Bertz CT molecular complexity index is 480. The summed E-state index contributed by atoms with van der Waals surface area (Å²) in [4.78, 5) is 12.6. The molecule has 0 radical (unpaired) electrons. The monoisotopic (exact) mass is 279 g/mol. The van der Waals surface area contributed by atoms with Gasteiger partial charge in [-0.15, -0.1) is 11.3 Å². The van der Waals surface area contributed by atoms with Gasteiger partial charge in [-0.05, 0) is 30.7 Å². The molecule has 102 valence electrons. The molecule has 0 aliphatic carbocycles. The summed E-state index contributed by atoms with van der Waals surface area (Å²) in [6.45, 7) is 1.26. The van der Waals surface area contributed by atoms with E-state index in [2.05, 4.69) is 17.2 Å². The highest BCUT2D eigenvalue weighted by Crippen LogP contribution is 2.17. The lowest BCUT2D eigenvalue weighted by Crippen LogP contribution is -2.26. The van der Waals surface area contributed by atoms with Crippen LogP contribution in [0.15, 0.2) is 11.4 Å². The Balaban J connectivity index is 1.83. The summed E-state index contributed by atoms with van der Waals surface area (Å²) in [5, 5.41) is 13.4. The third kappa shape index (κ3) is 4.06. The second-order valence-corrected chi connectivity index (χ2v) is 5.22. The Hall–Kier alpha value is -1.35. The number of amides is 1. The van der Waals surface area contributed by atoms with Crippen LogP contribution < -0.4 is 5.32 Å². The number of thiophene rings is 1. The van der Waals surface area contributed by atoms with E-state index in [0.29, 0.717) is 17.0 Å². The molecule has 1 unspecified atom stereocenters. The van der Waals surface area contributed by atoms with E-state index in [1.165, 1.54) is 11.3 Å². The number of hydrogen-bond acceptors (Lipinski definition) is 4. The van der Waals surface area contributed by atoms with Crippen molar-refractivity contribution >= 4 is 17.2 Å². The second-order valence-electron chi connectivity index (χ2n) is 4.30. The van der Waals surface area contributed by atoms with Crippen LogP contribution in [0.4, 0.5) is 0 Å². The minimum atomic E-state index is -0.198. The topological polar surface area (TPSA) is 58.6 Å². The van der Waals surface area contributed by atoms with E-state index in [4.69, 9.17) is 9.84 Å². The molecule has 0 saturated carbocycles. The van der Waals surface area contributed by atoms with Crippen molar-refractivity contribution in [3.05, 3.63) is 21.9 Å². The number of ether oxygens (including phenoxy) is 1. The summed E-state index contributed by atoms with van der Waals surface area (Å²) in [5.74, 6) is 5.24. The molecule has 1 aromatic heterocycles. The highest BCUT2D eigenvalue weighted by molar-refractivity contribution is 7.12. The summed E-state index contributed by atoms with van der Waals surface area (Å²) in [7, 11) is 0. The number of carbonyl (C=O) groups excluding carboxylic acids is 1. The molecular weight excluding hydrogens is 262 g/mol. The van der Waals surface area contributed by atoms with Gasteiger partial charge < -0.3 is 15.2 Å². The zero-order valence-corrected chi connectivity index (χ0v) is 11.5. The van der Waals surface area contributed by atoms with E-state index in [-0.39, 0.29) is 18.6 Å². The van der Waals surface area contributed by atoms with E-state index in [1.807, 2.05) is 5.38 Å². The van der Waals surface area contributed by atoms with Crippen molar-refractivity contribution in [1.82, 2.24) is 5.32 Å². The smallest absolute Gasteiger partial charge is 0.262 e. The van der Waals surface area contributed by atoms with Crippen molar-refractivity contribution in [2.75, 3.05) is 19.8 Å². The van der Waals surface area contributed by atoms with E-state index in [0.717, 1.165) is 25.9 Å². The normalized spacial score (nSPS) is 17.8. The van der Waals surface area contributed by atoms with Crippen molar-refractivity contribution in [2.24, 2.45) is 0 Å². The number of nitrogens with one attached hydrogen (secondary N) is 1. The molecule has 1 aliphatic heterocycles. The van der Waals surface area contributed by atoms with Gasteiger partial charge in [-0.1, -0.05) is 11.8 Å². The lowest BCUT2D eigenvalue weighted by Gasteiger charge is -2.09. The molecule has 1 amide bonds. The highest BCUT2D eigenvalue weighted by atomic mass is 32.1. The Morgan fingerprint density at radius 2 is 2.53 bits per heavy atom. The number of carbonyl (C=O) groups is 1. The van der Waals surface area contributed by atoms with Crippen LogP contribution in [-0.4, -0.2) is 36.9 Å². The maximum atomic E-state index is 12.0. The fraction of sp³-hybridized carbons (Fsp3) is 0.500. The van der Waals surface area contributed by atoms with Gasteiger partial charge in [0.15, 0.2) is 0 Å². The van der Waals surface area contributed by atoms with Crippen molar-refractivity contribution in [1.29, 1.82) is 0 Å². The second kappa shape index (κ2) is 7.29. The Kier molecular flexibility index (Phi) is 5.40. The Labute approximate surface area is 116 Å². The first-order chi connectivity index (χ1) is 9.31. The maximum Gasteiger partial charge on any atom is 0.262 e. The van der Waals surface area contributed by atoms with Crippen molar-refractivity contribution in [3.63, 3.8) is 0 Å². The van der Waals surface area contributed by atoms with Crippen LogP contribution in [0.5, 0.6) is 0 Å². The first-order valence-corrected chi connectivity index (χ1v) is 7.26. The maximum absolute atomic E-state index is 12.0. The third-order valence-electron chi connectivity index (χ3n) is 2.95. The molecule has 0 bridgehead atoms. The van der Waals surface area contributed by atoms with Crippen LogP contribution in [-0.2, 0) is 4.74 Å². The zero-order valence-electron chi connectivity index (χ0n) is 10.6. The van der Waals surface area contributed by atoms with E-state index >= 15 is 0 Å². The van der Waals surface area contributed by atoms with Gasteiger partial charge in [0.05, 0.1) is 6.10 Å². The van der Waals surface area contributed by atoms with Gasteiger partial charge in [0.25, 0.3) is 5.91 Å². The predicted molar refractivity (Wildman–Crippen MR) is 74.2 cm³/mol. The highest BCUT2D eigenvalue weighted by Gasteiger charge is 2.16. The van der Waals surface area contributed by atoms with Gasteiger partial charge in [-0.3, -0.25) is 4.79 Å². The number of hydrogen-bond donors (Lipinski definition) is 2. The molecule has 1 saturated heterocycles. The summed E-state index contributed by atoms with van der Waals surface area (Å²) in [6.07, 6.45) is 3.35. The first-order valence-electron chi connectivity index (χ1n) is 6.38. The van der Waals surface area contributed by atoms with Gasteiger partial charge in [-0.25, -0.2) is 0 Å². The third-order valence-corrected chi connectivity index (χ3v) is 3.86. The average molecular weight is 279 g/mol. The molecule has 0 aromatic carbocycles. The lowest BCUT2D eigenvalue weighted by atomic mass is 10.2. The fourth-order valence-electron chi connectivity index (χ4n) is 2.02.